The number of nitrogens with one attached hydrogen (secondary N) is 1. The summed E-state index contributed by atoms with van der Waals surface area (Å²) in [6, 6.07) is -0.406. The molecule has 0 aromatic rings. The van der Waals surface area contributed by atoms with Crippen molar-refractivity contribution in [2.24, 2.45) is 0 Å². The van der Waals surface area contributed by atoms with Gasteiger partial charge < -0.3 is 10.2 Å². The molecule has 2 saturated heterocycles. The molecular formula is C11H18N2O4S. The van der Waals surface area contributed by atoms with E-state index in [-0.39, 0.29) is 11.5 Å². The molecule has 1 unspecified atom stereocenters. The Labute approximate surface area is 107 Å². The molecule has 0 aromatic carbocycles. The predicted molar refractivity (Wildman–Crippen MR) is 65.6 cm³/mol. The number of sulfone groups is 1. The van der Waals surface area contributed by atoms with Gasteiger partial charge in [-0.25, -0.2) is 8.42 Å². The van der Waals surface area contributed by atoms with Gasteiger partial charge in [0.15, 0.2) is 9.84 Å². The van der Waals surface area contributed by atoms with Crippen LogP contribution in [0.3, 0.4) is 0 Å². The average molecular weight is 274 g/mol. The Morgan fingerprint density at radius 2 is 1.78 bits per heavy atom. The van der Waals surface area contributed by atoms with Crippen molar-refractivity contribution in [2.45, 2.75) is 31.7 Å². The van der Waals surface area contributed by atoms with Gasteiger partial charge >= 0.3 is 11.8 Å². The van der Waals surface area contributed by atoms with E-state index < -0.39 is 27.7 Å². The van der Waals surface area contributed by atoms with E-state index in [2.05, 4.69) is 5.32 Å². The van der Waals surface area contributed by atoms with Crippen LogP contribution in [-0.4, -0.2) is 55.8 Å². The van der Waals surface area contributed by atoms with Crippen molar-refractivity contribution in [1.82, 2.24) is 10.2 Å². The van der Waals surface area contributed by atoms with Crippen molar-refractivity contribution < 1.29 is 18.0 Å². The SMILES string of the molecule is O=C(NC1CCS(=O)(=O)C1)C(=O)N1CCCCC1. The molecule has 0 saturated carbocycles. The largest absolute Gasteiger partial charge is 0.344 e. The van der Waals surface area contributed by atoms with Crippen LogP contribution in [0.4, 0.5) is 0 Å². The smallest absolute Gasteiger partial charge is 0.311 e. The molecule has 2 heterocycles. The molecule has 0 spiro atoms. The number of carbonyl (C=O) groups excluding carboxylic acids is 2. The molecule has 0 aromatic heterocycles. The van der Waals surface area contributed by atoms with Crippen LogP contribution in [0, 0.1) is 0 Å². The van der Waals surface area contributed by atoms with Gasteiger partial charge in [-0.05, 0) is 25.7 Å². The van der Waals surface area contributed by atoms with E-state index in [0.717, 1.165) is 19.3 Å². The molecule has 2 amide bonds. The highest BCUT2D eigenvalue weighted by Crippen LogP contribution is 2.12. The van der Waals surface area contributed by atoms with E-state index >= 15 is 0 Å². The van der Waals surface area contributed by atoms with Gasteiger partial charge in [-0.2, -0.15) is 0 Å². The summed E-state index contributed by atoms with van der Waals surface area (Å²) in [6.07, 6.45) is 3.35. The zero-order valence-electron chi connectivity index (χ0n) is 10.2. The highest BCUT2D eigenvalue weighted by Gasteiger charge is 2.31. The minimum atomic E-state index is -3.03. The van der Waals surface area contributed by atoms with Crippen LogP contribution < -0.4 is 5.32 Å². The third-order valence-corrected chi connectivity index (χ3v) is 5.17. The van der Waals surface area contributed by atoms with Crippen LogP contribution in [0.1, 0.15) is 25.7 Å². The van der Waals surface area contributed by atoms with Crippen LogP contribution in [0.5, 0.6) is 0 Å². The van der Waals surface area contributed by atoms with Gasteiger partial charge in [-0.1, -0.05) is 0 Å². The minimum absolute atomic E-state index is 0.0496. The molecule has 6 nitrogen and oxygen atoms in total. The number of hydrogen-bond donors (Lipinski definition) is 1. The third-order valence-electron chi connectivity index (χ3n) is 3.41. The van der Waals surface area contributed by atoms with Crippen LogP contribution in [0.2, 0.25) is 0 Å². The highest BCUT2D eigenvalue weighted by molar-refractivity contribution is 7.91. The molecule has 2 aliphatic heterocycles. The molecule has 1 atom stereocenters. The van der Waals surface area contributed by atoms with Crippen LogP contribution in [0.25, 0.3) is 0 Å². The van der Waals surface area contributed by atoms with Crippen molar-refractivity contribution >= 4 is 21.7 Å². The van der Waals surface area contributed by atoms with Gasteiger partial charge in [0.1, 0.15) is 0 Å². The summed E-state index contributed by atoms with van der Waals surface area (Å²) in [5.74, 6) is -1.15. The fourth-order valence-electron chi connectivity index (χ4n) is 2.40. The maximum absolute atomic E-state index is 11.8. The van der Waals surface area contributed by atoms with E-state index in [0.29, 0.717) is 19.5 Å². The quantitative estimate of drug-likeness (QED) is 0.641. The summed E-state index contributed by atoms with van der Waals surface area (Å²) in [7, 11) is -3.03. The third kappa shape index (κ3) is 3.22. The average Bonchev–Trinajstić information content (AvgIpc) is 2.68. The molecule has 2 fully saturated rings. The molecule has 0 bridgehead atoms. The standard InChI is InChI=1S/C11H18N2O4S/c14-10(11(15)13-5-2-1-3-6-13)12-9-4-7-18(16,17)8-9/h9H,1-8H2,(H,12,14). The first-order valence-corrected chi connectivity index (χ1v) is 8.10. The molecule has 7 heteroatoms. The van der Waals surface area contributed by atoms with E-state index in [4.69, 9.17) is 0 Å². The normalized spacial score (nSPS) is 26.9. The number of carbonyl (C=O) groups is 2. The van der Waals surface area contributed by atoms with E-state index in [9.17, 15) is 18.0 Å². The van der Waals surface area contributed by atoms with Crippen molar-refractivity contribution in [1.29, 1.82) is 0 Å². The minimum Gasteiger partial charge on any atom is -0.344 e. The predicted octanol–water partition coefficient (Wildman–Crippen LogP) is -0.698. The summed E-state index contributed by atoms with van der Waals surface area (Å²) in [5, 5.41) is 2.52. The molecule has 2 aliphatic rings. The zero-order valence-corrected chi connectivity index (χ0v) is 11.0. The molecule has 18 heavy (non-hydrogen) atoms. The van der Waals surface area contributed by atoms with Gasteiger partial charge in [0.2, 0.25) is 0 Å². The number of nitrogens with zero attached hydrogens (tertiary/aromatic N) is 1. The van der Waals surface area contributed by atoms with Gasteiger partial charge in [0.05, 0.1) is 11.5 Å². The lowest BCUT2D eigenvalue weighted by atomic mass is 10.1. The summed E-state index contributed by atoms with van der Waals surface area (Å²) >= 11 is 0. The Morgan fingerprint density at radius 3 is 2.33 bits per heavy atom. The topological polar surface area (TPSA) is 83.5 Å². The first kappa shape index (κ1) is 13.3. The van der Waals surface area contributed by atoms with Crippen molar-refractivity contribution in [3.63, 3.8) is 0 Å². The summed E-state index contributed by atoms with van der Waals surface area (Å²) < 4.78 is 22.5. The highest BCUT2D eigenvalue weighted by atomic mass is 32.2. The first-order chi connectivity index (χ1) is 8.48. The van der Waals surface area contributed by atoms with Crippen LogP contribution >= 0.6 is 0 Å². The van der Waals surface area contributed by atoms with Gasteiger partial charge in [-0.15, -0.1) is 0 Å². The summed E-state index contributed by atoms with van der Waals surface area (Å²) in [5.41, 5.74) is 0. The summed E-state index contributed by atoms with van der Waals surface area (Å²) in [6.45, 7) is 1.24. The Kier molecular flexibility index (Phi) is 3.89. The Hall–Kier alpha value is -1.11. The second-order valence-electron chi connectivity index (χ2n) is 4.93. The summed E-state index contributed by atoms with van der Waals surface area (Å²) in [4.78, 5) is 25.1. The van der Waals surface area contributed by atoms with E-state index in [1.165, 1.54) is 0 Å². The lowest BCUT2D eigenvalue weighted by molar-refractivity contribution is -0.146. The van der Waals surface area contributed by atoms with Crippen LogP contribution in [-0.2, 0) is 19.4 Å². The van der Waals surface area contributed by atoms with Crippen molar-refractivity contribution in [2.75, 3.05) is 24.6 Å². The van der Waals surface area contributed by atoms with E-state index in [1.807, 2.05) is 0 Å². The van der Waals surface area contributed by atoms with Gasteiger partial charge in [-0.3, -0.25) is 9.59 Å². The van der Waals surface area contributed by atoms with Crippen molar-refractivity contribution in [3.8, 4) is 0 Å². The zero-order chi connectivity index (χ0) is 13.2. The molecular weight excluding hydrogens is 256 g/mol. The van der Waals surface area contributed by atoms with Crippen molar-refractivity contribution in [3.05, 3.63) is 0 Å². The fraction of sp³-hybridized carbons (Fsp3) is 0.818. The number of hydrogen-bond acceptors (Lipinski definition) is 4. The molecule has 1 N–H and O–H groups in total. The molecule has 102 valence electrons. The van der Waals surface area contributed by atoms with Gasteiger partial charge in [0, 0.05) is 19.1 Å². The molecule has 2 rings (SSSR count). The lowest BCUT2D eigenvalue weighted by Crippen LogP contribution is -2.48. The van der Waals surface area contributed by atoms with Gasteiger partial charge in [0.25, 0.3) is 0 Å². The van der Waals surface area contributed by atoms with E-state index in [1.54, 1.807) is 4.90 Å². The molecule has 0 radical (unpaired) electrons. The number of rotatable bonds is 1. The fourth-order valence-corrected chi connectivity index (χ4v) is 4.07. The second kappa shape index (κ2) is 5.26. The first-order valence-electron chi connectivity index (χ1n) is 6.28. The Morgan fingerprint density at radius 1 is 1.11 bits per heavy atom. The number of piperidine rings is 1. The number of amides is 2. The second-order valence-corrected chi connectivity index (χ2v) is 7.16. The lowest BCUT2D eigenvalue weighted by Gasteiger charge is -2.26. The monoisotopic (exact) mass is 274 g/mol. The maximum atomic E-state index is 11.8. The number of likely N-dealkylation sites (tertiary alicyclic amines) is 1. The maximum Gasteiger partial charge on any atom is 0.311 e. The Bertz CT molecular complexity index is 440. The van der Waals surface area contributed by atoms with Crippen LogP contribution in [0.15, 0.2) is 0 Å². The Balaban J connectivity index is 1.86. The molecule has 0 aliphatic carbocycles.